The summed E-state index contributed by atoms with van der Waals surface area (Å²) >= 11 is 0. The van der Waals surface area contributed by atoms with Gasteiger partial charge in [-0.05, 0) is 42.5 Å². The summed E-state index contributed by atoms with van der Waals surface area (Å²) in [4.78, 5) is 90.7. The van der Waals surface area contributed by atoms with Crippen LogP contribution in [-0.2, 0) is 71.3 Å². The minimum atomic E-state index is -1.71. The zero-order chi connectivity index (χ0) is 45.5. The minimum Gasteiger partial charge on any atom is -0.463 e. The second-order valence-electron chi connectivity index (χ2n) is 13.9. The Balaban J connectivity index is 1.60. The monoisotopic (exact) mass is 874 g/mol. The SMILES string of the molecule is C=C=CCO[C@@H]1O[C@H](CO[C@@H]2O[C@H](COC(C)=O)[C@@H](OC(C)=O)[C@H](OC(C)=O)[C@H]2OC(C)=O)[C@@H](OC(=O)c2ccccc2)[C@H](OC(=O)c2ccccc2)[C@H]1OC(=O)c1ccccc1. The van der Waals surface area contributed by atoms with Gasteiger partial charge in [0.15, 0.2) is 49.2 Å². The standard InChI is InChI=1S/C45H46O18/c1-6-7-23-53-44-40(63-43(52)32-21-15-10-16-22-32)38(62-42(51)31-19-13-9-14-20-31)36(61-41(50)30-17-11-8-12-18-30)34(59-44)25-55-45-39(58-29(5)49)37(57-28(4)48)35(56-27(3)47)33(60-45)24-54-26(2)46/h7-22,33-40,44-45H,1,23-25H2,2-5H3/t33-,34-,35-,36-,37+,38+,39-,40-,44-,45-/m1/s1. The Bertz CT molecular complexity index is 2100. The van der Waals surface area contributed by atoms with Crippen molar-refractivity contribution in [1.82, 2.24) is 0 Å². The van der Waals surface area contributed by atoms with Gasteiger partial charge < -0.3 is 52.1 Å². The molecule has 2 heterocycles. The molecule has 5 rings (SSSR count). The third-order valence-corrected chi connectivity index (χ3v) is 9.21. The molecule has 10 atom stereocenters. The summed E-state index contributed by atoms with van der Waals surface area (Å²) in [6.45, 7) is 6.41. The van der Waals surface area contributed by atoms with Gasteiger partial charge in [-0.25, -0.2) is 14.4 Å². The van der Waals surface area contributed by atoms with Crippen LogP contribution in [0.5, 0.6) is 0 Å². The van der Waals surface area contributed by atoms with Crippen LogP contribution in [0.1, 0.15) is 58.8 Å². The quantitative estimate of drug-likeness (QED) is 0.107. The second kappa shape index (κ2) is 23.0. The highest BCUT2D eigenvalue weighted by molar-refractivity contribution is 5.91. The van der Waals surface area contributed by atoms with Crippen LogP contribution in [0.2, 0.25) is 0 Å². The molecule has 2 fully saturated rings. The van der Waals surface area contributed by atoms with Crippen molar-refractivity contribution in [1.29, 1.82) is 0 Å². The number of hydrogen-bond donors (Lipinski definition) is 0. The number of hydrogen-bond acceptors (Lipinski definition) is 18. The zero-order valence-corrected chi connectivity index (χ0v) is 34.7. The second-order valence-corrected chi connectivity index (χ2v) is 13.9. The summed E-state index contributed by atoms with van der Waals surface area (Å²) < 4.78 is 64.6. The molecule has 0 bridgehead atoms. The zero-order valence-electron chi connectivity index (χ0n) is 34.7. The van der Waals surface area contributed by atoms with Gasteiger partial charge in [-0.2, -0.15) is 0 Å². The van der Waals surface area contributed by atoms with E-state index in [1.165, 1.54) is 42.5 Å². The summed E-state index contributed by atoms with van der Waals surface area (Å²) in [6, 6.07) is 23.5. The molecule has 3 aromatic carbocycles. The molecule has 0 N–H and O–H groups in total. The maximum absolute atomic E-state index is 13.9. The summed E-state index contributed by atoms with van der Waals surface area (Å²) in [7, 11) is 0. The molecule has 2 saturated heterocycles. The fraction of sp³-hybridized carbons (Fsp3) is 0.378. The smallest absolute Gasteiger partial charge is 0.338 e. The van der Waals surface area contributed by atoms with Crippen LogP contribution < -0.4 is 0 Å². The maximum atomic E-state index is 13.9. The first-order chi connectivity index (χ1) is 30.2. The summed E-state index contributed by atoms with van der Waals surface area (Å²) in [6.07, 6.45) is -14.5. The fourth-order valence-corrected chi connectivity index (χ4v) is 6.56. The van der Waals surface area contributed by atoms with Crippen molar-refractivity contribution in [2.45, 2.75) is 89.1 Å². The molecule has 334 valence electrons. The third-order valence-electron chi connectivity index (χ3n) is 9.21. The van der Waals surface area contributed by atoms with Crippen molar-refractivity contribution in [3.8, 4) is 0 Å². The van der Waals surface area contributed by atoms with Crippen LogP contribution in [-0.4, -0.2) is 123 Å². The van der Waals surface area contributed by atoms with Crippen molar-refractivity contribution >= 4 is 41.8 Å². The summed E-state index contributed by atoms with van der Waals surface area (Å²) in [5, 5.41) is 0. The Morgan fingerprint density at radius 2 is 0.857 bits per heavy atom. The van der Waals surface area contributed by atoms with Crippen LogP contribution in [0.15, 0.2) is 109 Å². The van der Waals surface area contributed by atoms with E-state index in [4.69, 9.17) is 52.1 Å². The molecule has 0 spiro atoms. The van der Waals surface area contributed by atoms with Gasteiger partial charge in [-0.3, -0.25) is 19.2 Å². The molecule has 0 aliphatic carbocycles. The molecule has 2 aliphatic heterocycles. The lowest BCUT2D eigenvalue weighted by molar-refractivity contribution is -0.331. The first kappa shape index (κ1) is 47.4. The van der Waals surface area contributed by atoms with Crippen molar-refractivity contribution in [3.05, 3.63) is 126 Å². The van der Waals surface area contributed by atoms with Crippen LogP contribution in [0.3, 0.4) is 0 Å². The van der Waals surface area contributed by atoms with Gasteiger partial charge in [0.25, 0.3) is 0 Å². The van der Waals surface area contributed by atoms with E-state index in [0.29, 0.717) is 0 Å². The highest BCUT2D eigenvalue weighted by atomic mass is 16.8. The van der Waals surface area contributed by atoms with E-state index in [0.717, 1.165) is 27.7 Å². The molecular formula is C45H46O18. The topological polar surface area (TPSA) is 221 Å². The van der Waals surface area contributed by atoms with E-state index in [2.05, 4.69) is 12.3 Å². The average molecular weight is 875 g/mol. The first-order valence-electron chi connectivity index (χ1n) is 19.6. The highest BCUT2D eigenvalue weighted by Gasteiger charge is 2.56. The van der Waals surface area contributed by atoms with Gasteiger partial charge in [0, 0.05) is 27.7 Å². The van der Waals surface area contributed by atoms with E-state index in [-0.39, 0.29) is 23.3 Å². The number of ether oxygens (including phenoxy) is 11. The maximum Gasteiger partial charge on any atom is 0.338 e. The summed E-state index contributed by atoms with van der Waals surface area (Å²) in [5.41, 5.74) is 2.84. The molecule has 0 amide bonds. The average Bonchev–Trinajstić information content (AvgIpc) is 3.26. The van der Waals surface area contributed by atoms with E-state index in [1.807, 2.05) is 0 Å². The molecular weight excluding hydrogens is 828 g/mol. The lowest BCUT2D eigenvalue weighted by Crippen LogP contribution is -2.65. The Kier molecular flexibility index (Phi) is 17.3. The lowest BCUT2D eigenvalue weighted by Gasteiger charge is -2.46. The Morgan fingerprint density at radius 1 is 0.492 bits per heavy atom. The number of rotatable bonds is 17. The molecule has 3 aromatic rings. The van der Waals surface area contributed by atoms with E-state index in [9.17, 15) is 33.6 Å². The van der Waals surface area contributed by atoms with Crippen molar-refractivity contribution in [2.24, 2.45) is 0 Å². The van der Waals surface area contributed by atoms with Gasteiger partial charge in [0.05, 0.1) is 29.9 Å². The molecule has 63 heavy (non-hydrogen) atoms. The van der Waals surface area contributed by atoms with Crippen LogP contribution in [0.4, 0.5) is 0 Å². The molecule has 0 saturated carbocycles. The van der Waals surface area contributed by atoms with Gasteiger partial charge in [-0.15, -0.1) is 5.73 Å². The predicted molar refractivity (Wildman–Crippen MR) is 213 cm³/mol. The molecule has 18 heteroatoms. The molecule has 18 nitrogen and oxygen atoms in total. The molecule has 0 unspecified atom stereocenters. The largest absolute Gasteiger partial charge is 0.463 e. The number of carbonyl (C=O) groups excluding carboxylic acids is 7. The highest BCUT2D eigenvalue weighted by Crippen LogP contribution is 2.34. The van der Waals surface area contributed by atoms with Crippen molar-refractivity contribution < 1.29 is 85.7 Å². The normalized spacial score (nSPS) is 25.1. The lowest BCUT2D eigenvalue weighted by atomic mass is 9.97. The Morgan fingerprint density at radius 3 is 1.32 bits per heavy atom. The van der Waals surface area contributed by atoms with Crippen LogP contribution >= 0.6 is 0 Å². The minimum absolute atomic E-state index is 0.0808. The predicted octanol–water partition coefficient (Wildman–Crippen LogP) is 3.85. The first-order valence-corrected chi connectivity index (χ1v) is 19.6. The number of carbonyl (C=O) groups is 7. The van der Waals surface area contributed by atoms with Gasteiger partial charge in [-0.1, -0.05) is 61.2 Å². The van der Waals surface area contributed by atoms with Crippen molar-refractivity contribution in [3.63, 3.8) is 0 Å². The molecule has 2 aliphatic rings. The van der Waals surface area contributed by atoms with E-state index in [1.54, 1.807) is 54.6 Å². The van der Waals surface area contributed by atoms with Crippen LogP contribution in [0.25, 0.3) is 0 Å². The molecule has 0 aromatic heterocycles. The van der Waals surface area contributed by atoms with E-state index < -0.39 is 116 Å². The number of esters is 7. The van der Waals surface area contributed by atoms with Gasteiger partial charge >= 0.3 is 41.8 Å². The van der Waals surface area contributed by atoms with Crippen LogP contribution in [0, 0.1) is 0 Å². The molecule has 0 radical (unpaired) electrons. The van der Waals surface area contributed by atoms with E-state index >= 15 is 0 Å². The Hall–Kier alpha value is -6.69. The Labute approximate surface area is 361 Å². The van der Waals surface area contributed by atoms with Crippen molar-refractivity contribution in [2.75, 3.05) is 19.8 Å². The fourth-order valence-electron chi connectivity index (χ4n) is 6.56. The summed E-state index contributed by atoms with van der Waals surface area (Å²) in [5.74, 6) is -6.05. The van der Waals surface area contributed by atoms with Gasteiger partial charge in [0.1, 0.15) is 18.8 Å². The third kappa shape index (κ3) is 13.4. The van der Waals surface area contributed by atoms with Gasteiger partial charge in [0.2, 0.25) is 0 Å². The number of benzene rings is 3.